The van der Waals surface area contributed by atoms with Gasteiger partial charge in [-0.05, 0) is 6.07 Å². The number of furan rings is 1. The van der Waals surface area contributed by atoms with E-state index in [-0.39, 0.29) is 12.5 Å². The van der Waals surface area contributed by atoms with Gasteiger partial charge in [0.25, 0.3) is 5.91 Å². The third-order valence-corrected chi connectivity index (χ3v) is 3.22. The van der Waals surface area contributed by atoms with Crippen LogP contribution in [0.5, 0.6) is 0 Å². The standard InChI is InChI=1S/C13H20N2O4/c16-7-4-15(13(17)12-1-8-19-11-12)3-2-14-5-9-18-10-6-14/h1,8,11,16H,2-7,9-10H2. The highest BCUT2D eigenvalue weighted by Crippen LogP contribution is 2.06. The molecule has 1 aliphatic heterocycles. The summed E-state index contributed by atoms with van der Waals surface area (Å²) in [6.45, 7) is 4.99. The fourth-order valence-electron chi connectivity index (χ4n) is 2.09. The Morgan fingerprint density at radius 3 is 2.79 bits per heavy atom. The average molecular weight is 268 g/mol. The zero-order valence-corrected chi connectivity index (χ0v) is 11.0. The Morgan fingerprint density at radius 2 is 2.16 bits per heavy atom. The van der Waals surface area contributed by atoms with Crippen molar-refractivity contribution < 1.29 is 19.1 Å². The molecule has 6 nitrogen and oxygen atoms in total. The summed E-state index contributed by atoms with van der Waals surface area (Å²) in [6, 6.07) is 1.64. The van der Waals surface area contributed by atoms with Crippen molar-refractivity contribution in [1.29, 1.82) is 0 Å². The number of carbonyl (C=O) groups is 1. The number of ether oxygens (including phenoxy) is 1. The predicted molar refractivity (Wildman–Crippen MR) is 69.0 cm³/mol. The van der Waals surface area contributed by atoms with Crippen LogP contribution in [0.1, 0.15) is 10.4 Å². The van der Waals surface area contributed by atoms with Crippen molar-refractivity contribution in [3.8, 4) is 0 Å². The molecule has 1 aliphatic rings. The van der Waals surface area contributed by atoms with Gasteiger partial charge in [-0.15, -0.1) is 0 Å². The lowest BCUT2D eigenvalue weighted by atomic mass is 10.3. The molecule has 1 aromatic rings. The van der Waals surface area contributed by atoms with E-state index in [0.717, 1.165) is 32.8 Å². The number of carbonyl (C=O) groups excluding carboxylic acids is 1. The molecule has 2 rings (SSSR count). The Labute approximate surface area is 112 Å². The van der Waals surface area contributed by atoms with E-state index >= 15 is 0 Å². The molecule has 19 heavy (non-hydrogen) atoms. The van der Waals surface area contributed by atoms with Crippen molar-refractivity contribution in [3.05, 3.63) is 24.2 Å². The van der Waals surface area contributed by atoms with Crippen molar-refractivity contribution in [2.45, 2.75) is 0 Å². The summed E-state index contributed by atoms with van der Waals surface area (Å²) in [7, 11) is 0. The lowest BCUT2D eigenvalue weighted by Crippen LogP contribution is -2.43. The molecule has 1 aromatic heterocycles. The van der Waals surface area contributed by atoms with E-state index in [2.05, 4.69) is 4.90 Å². The van der Waals surface area contributed by atoms with Gasteiger partial charge in [-0.25, -0.2) is 0 Å². The van der Waals surface area contributed by atoms with Crippen molar-refractivity contribution in [1.82, 2.24) is 9.80 Å². The molecule has 0 saturated carbocycles. The Morgan fingerprint density at radius 1 is 1.37 bits per heavy atom. The largest absolute Gasteiger partial charge is 0.472 e. The van der Waals surface area contributed by atoms with Crippen molar-refractivity contribution in [3.63, 3.8) is 0 Å². The normalized spacial score (nSPS) is 16.5. The second-order valence-corrected chi connectivity index (χ2v) is 4.48. The zero-order chi connectivity index (χ0) is 13.5. The Hall–Kier alpha value is -1.37. The minimum absolute atomic E-state index is 0.0350. The van der Waals surface area contributed by atoms with E-state index in [1.165, 1.54) is 12.5 Å². The fraction of sp³-hybridized carbons (Fsp3) is 0.615. The van der Waals surface area contributed by atoms with Crippen LogP contribution in [-0.2, 0) is 4.74 Å². The Balaban J connectivity index is 1.86. The molecule has 0 atom stereocenters. The van der Waals surface area contributed by atoms with Crippen LogP contribution < -0.4 is 0 Å². The molecule has 1 amide bonds. The Kier molecular flexibility index (Phi) is 5.38. The summed E-state index contributed by atoms with van der Waals surface area (Å²) < 4.78 is 10.2. The molecule has 0 spiro atoms. The quantitative estimate of drug-likeness (QED) is 0.789. The van der Waals surface area contributed by atoms with Crippen LogP contribution in [0.3, 0.4) is 0 Å². The van der Waals surface area contributed by atoms with Gasteiger partial charge in [0, 0.05) is 32.7 Å². The second kappa shape index (κ2) is 7.28. The summed E-state index contributed by atoms with van der Waals surface area (Å²) in [4.78, 5) is 16.1. The van der Waals surface area contributed by atoms with E-state index in [9.17, 15) is 4.79 Å². The molecule has 2 heterocycles. The molecule has 1 N–H and O–H groups in total. The van der Waals surface area contributed by atoms with E-state index in [1.807, 2.05) is 0 Å². The van der Waals surface area contributed by atoms with Crippen LogP contribution in [0.2, 0.25) is 0 Å². The monoisotopic (exact) mass is 268 g/mol. The smallest absolute Gasteiger partial charge is 0.257 e. The number of nitrogens with zero attached hydrogens (tertiary/aromatic N) is 2. The molecule has 0 bridgehead atoms. The van der Waals surface area contributed by atoms with Crippen LogP contribution in [0, 0.1) is 0 Å². The van der Waals surface area contributed by atoms with Crippen molar-refractivity contribution in [2.24, 2.45) is 0 Å². The fourth-order valence-corrected chi connectivity index (χ4v) is 2.09. The van der Waals surface area contributed by atoms with Crippen LogP contribution in [0.15, 0.2) is 23.0 Å². The SMILES string of the molecule is O=C(c1ccoc1)N(CCO)CCN1CCOCC1. The maximum absolute atomic E-state index is 12.2. The van der Waals surface area contributed by atoms with Gasteiger partial charge in [-0.3, -0.25) is 9.69 Å². The predicted octanol–water partition coefficient (Wildman–Crippen LogP) is 0.0463. The number of aliphatic hydroxyl groups excluding tert-OH is 1. The Bertz CT molecular complexity index is 374. The van der Waals surface area contributed by atoms with E-state index < -0.39 is 0 Å². The summed E-state index contributed by atoms with van der Waals surface area (Å²) in [5, 5.41) is 9.07. The number of hydrogen-bond donors (Lipinski definition) is 1. The van der Waals surface area contributed by atoms with Gasteiger partial charge in [0.05, 0.1) is 31.6 Å². The molecule has 0 radical (unpaired) electrons. The van der Waals surface area contributed by atoms with E-state index in [1.54, 1.807) is 11.0 Å². The summed E-state index contributed by atoms with van der Waals surface area (Å²) in [5.41, 5.74) is 0.524. The maximum atomic E-state index is 12.2. The molecular formula is C13H20N2O4. The van der Waals surface area contributed by atoms with Gasteiger partial charge < -0.3 is 19.2 Å². The highest BCUT2D eigenvalue weighted by molar-refractivity contribution is 5.93. The molecule has 0 aromatic carbocycles. The van der Waals surface area contributed by atoms with Gasteiger partial charge in [0.2, 0.25) is 0 Å². The second-order valence-electron chi connectivity index (χ2n) is 4.48. The van der Waals surface area contributed by atoms with Gasteiger partial charge in [0.15, 0.2) is 0 Å². The van der Waals surface area contributed by atoms with Crippen LogP contribution in [-0.4, -0.2) is 73.4 Å². The summed E-state index contributed by atoms with van der Waals surface area (Å²) in [6.07, 6.45) is 2.91. The highest BCUT2D eigenvalue weighted by atomic mass is 16.5. The first kappa shape index (κ1) is 14.0. The third-order valence-electron chi connectivity index (χ3n) is 3.22. The van der Waals surface area contributed by atoms with Gasteiger partial charge in [-0.1, -0.05) is 0 Å². The van der Waals surface area contributed by atoms with E-state index in [4.69, 9.17) is 14.3 Å². The first-order chi connectivity index (χ1) is 9.31. The summed E-state index contributed by atoms with van der Waals surface area (Å²) in [5.74, 6) is -0.101. The third kappa shape index (κ3) is 4.05. The molecule has 0 unspecified atom stereocenters. The minimum Gasteiger partial charge on any atom is -0.472 e. The number of amides is 1. The van der Waals surface area contributed by atoms with Crippen LogP contribution in [0.25, 0.3) is 0 Å². The topological polar surface area (TPSA) is 66.2 Å². The van der Waals surface area contributed by atoms with Gasteiger partial charge in [0.1, 0.15) is 6.26 Å². The first-order valence-electron chi connectivity index (χ1n) is 6.53. The molecule has 106 valence electrons. The summed E-state index contributed by atoms with van der Waals surface area (Å²) >= 11 is 0. The lowest BCUT2D eigenvalue weighted by Gasteiger charge is -2.29. The zero-order valence-electron chi connectivity index (χ0n) is 11.0. The number of hydrogen-bond acceptors (Lipinski definition) is 5. The lowest BCUT2D eigenvalue weighted by molar-refractivity contribution is 0.0315. The number of aliphatic hydroxyl groups is 1. The van der Waals surface area contributed by atoms with Crippen LogP contribution >= 0.6 is 0 Å². The van der Waals surface area contributed by atoms with E-state index in [0.29, 0.717) is 18.7 Å². The van der Waals surface area contributed by atoms with Crippen molar-refractivity contribution in [2.75, 3.05) is 52.5 Å². The van der Waals surface area contributed by atoms with Gasteiger partial charge >= 0.3 is 0 Å². The number of morpholine rings is 1. The van der Waals surface area contributed by atoms with Gasteiger partial charge in [-0.2, -0.15) is 0 Å². The molecule has 6 heteroatoms. The highest BCUT2D eigenvalue weighted by Gasteiger charge is 2.18. The molecular weight excluding hydrogens is 248 g/mol. The van der Waals surface area contributed by atoms with Crippen molar-refractivity contribution >= 4 is 5.91 Å². The molecule has 1 saturated heterocycles. The molecule has 0 aliphatic carbocycles. The average Bonchev–Trinajstić information content (AvgIpc) is 2.98. The first-order valence-corrected chi connectivity index (χ1v) is 6.53. The minimum atomic E-state index is -0.101. The molecule has 1 fully saturated rings. The van der Waals surface area contributed by atoms with Crippen LogP contribution in [0.4, 0.5) is 0 Å². The number of rotatable bonds is 6. The maximum Gasteiger partial charge on any atom is 0.257 e.